The average molecular weight is 479 g/mol. The van der Waals surface area contributed by atoms with E-state index in [-0.39, 0.29) is 35.5 Å². The fourth-order valence-corrected chi connectivity index (χ4v) is 3.97. The number of hydrogen-bond acceptors (Lipinski definition) is 9. The van der Waals surface area contributed by atoms with Crippen LogP contribution in [0.4, 0.5) is 17.3 Å². The summed E-state index contributed by atoms with van der Waals surface area (Å²) in [6.07, 6.45) is 1.82. The van der Waals surface area contributed by atoms with Crippen LogP contribution in [0, 0.1) is 22.8 Å². The third kappa shape index (κ3) is 4.15. The summed E-state index contributed by atoms with van der Waals surface area (Å²) >= 11 is 12.5. The zero-order valence-corrected chi connectivity index (χ0v) is 18.4. The van der Waals surface area contributed by atoms with Crippen molar-refractivity contribution < 1.29 is 4.74 Å². The van der Waals surface area contributed by atoms with Gasteiger partial charge in [0, 0.05) is 26.7 Å². The fraction of sp³-hybridized carbons (Fsp3) is 0.0909. The first-order chi connectivity index (χ1) is 15.9. The highest BCUT2D eigenvalue weighted by atomic mass is 35.5. The third-order valence-corrected chi connectivity index (χ3v) is 5.71. The van der Waals surface area contributed by atoms with Crippen LogP contribution in [0.15, 0.2) is 47.5 Å². The predicted octanol–water partition coefficient (Wildman–Crippen LogP) is 3.95. The minimum absolute atomic E-state index is 0.0314. The largest absolute Gasteiger partial charge is 0.488 e. The molecule has 1 atom stereocenters. The molecule has 2 aromatic carbocycles. The molecule has 0 saturated carbocycles. The van der Waals surface area contributed by atoms with E-state index in [1.165, 1.54) is 0 Å². The molecule has 0 bridgehead atoms. The summed E-state index contributed by atoms with van der Waals surface area (Å²) in [6.45, 7) is 0.110. The van der Waals surface area contributed by atoms with Crippen molar-refractivity contribution in [3.05, 3.63) is 74.8 Å². The maximum absolute atomic E-state index is 9.50. The molecule has 6 N–H and O–H groups in total. The molecule has 0 amide bonds. The van der Waals surface area contributed by atoms with Gasteiger partial charge in [0.05, 0.1) is 5.69 Å². The topological polar surface area (TPSA) is 158 Å². The Morgan fingerprint density at radius 1 is 1.09 bits per heavy atom. The smallest absolute Gasteiger partial charge is 0.211 e. The predicted molar refractivity (Wildman–Crippen MR) is 127 cm³/mol. The Balaban J connectivity index is 1.81. The van der Waals surface area contributed by atoms with Gasteiger partial charge in [0.2, 0.25) is 5.96 Å². The lowest BCUT2D eigenvalue weighted by atomic mass is 9.94. The molecule has 3 aromatic rings. The van der Waals surface area contributed by atoms with Gasteiger partial charge < -0.3 is 21.5 Å². The van der Waals surface area contributed by atoms with Crippen LogP contribution in [0.2, 0.25) is 10.0 Å². The second-order valence-electron chi connectivity index (χ2n) is 6.93. The Hall–Kier alpha value is -4.18. The summed E-state index contributed by atoms with van der Waals surface area (Å²) in [5, 5.41) is 24.9. The number of nitrogen functional groups attached to an aromatic ring is 2. The number of pyridine rings is 1. The Labute approximate surface area is 199 Å². The number of guanidine groups is 1. The van der Waals surface area contributed by atoms with Gasteiger partial charge in [-0.3, -0.25) is 5.32 Å². The molecular formula is C22H16Cl2N8O. The lowest BCUT2D eigenvalue weighted by molar-refractivity contribution is 0.302. The van der Waals surface area contributed by atoms with Crippen LogP contribution in [-0.2, 0) is 6.61 Å². The van der Waals surface area contributed by atoms with E-state index >= 15 is 0 Å². The Kier molecular flexibility index (Phi) is 6.09. The van der Waals surface area contributed by atoms with Crippen molar-refractivity contribution in [3.63, 3.8) is 0 Å². The van der Waals surface area contributed by atoms with Gasteiger partial charge in [0.25, 0.3) is 0 Å². The van der Waals surface area contributed by atoms with Gasteiger partial charge >= 0.3 is 0 Å². The number of hydrogen-bond donors (Lipinski definition) is 4. The van der Waals surface area contributed by atoms with E-state index in [9.17, 15) is 5.26 Å². The molecule has 1 unspecified atom stereocenters. The van der Waals surface area contributed by atoms with Crippen molar-refractivity contribution in [2.75, 3.05) is 16.8 Å². The zero-order chi connectivity index (χ0) is 23.5. The van der Waals surface area contributed by atoms with Crippen LogP contribution >= 0.6 is 23.2 Å². The van der Waals surface area contributed by atoms with E-state index in [4.69, 9.17) is 44.7 Å². The van der Waals surface area contributed by atoms with Crippen molar-refractivity contribution in [1.82, 2.24) is 10.3 Å². The summed E-state index contributed by atoms with van der Waals surface area (Å²) in [4.78, 5) is 8.83. The van der Waals surface area contributed by atoms with E-state index < -0.39 is 6.04 Å². The average Bonchev–Trinajstić information content (AvgIpc) is 2.79. The van der Waals surface area contributed by atoms with E-state index in [1.54, 1.807) is 36.4 Å². The molecule has 1 aliphatic heterocycles. The van der Waals surface area contributed by atoms with Gasteiger partial charge in [-0.2, -0.15) is 10.5 Å². The number of nitrogens with zero attached hydrogens (tertiary/aromatic N) is 4. The molecule has 4 rings (SSSR count). The minimum Gasteiger partial charge on any atom is -0.488 e. The molecule has 0 aliphatic carbocycles. The highest BCUT2D eigenvalue weighted by molar-refractivity contribution is 6.35. The number of aliphatic imine (C=N–C) groups is 1. The number of nitrogens with one attached hydrogen (secondary N) is 2. The van der Waals surface area contributed by atoms with E-state index in [0.29, 0.717) is 32.5 Å². The SMILES string of the molecule is N#CNC1=NC(c2ccccc2OCc2c(Cl)cccc2Cl)c2c(nc(N)c(C#N)c2N)N1. The number of fused-ring (bicyclic) bond motifs is 1. The maximum Gasteiger partial charge on any atom is 0.211 e. The van der Waals surface area contributed by atoms with Crippen molar-refractivity contribution in [1.29, 1.82) is 10.5 Å². The molecule has 33 heavy (non-hydrogen) atoms. The number of halogens is 2. The number of ether oxygens (including phenoxy) is 1. The number of anilines is 3. The zero-order valence-electron chi connectivity index (χ0n) is 16.9. The maximum atomic E-state index is 9.50. The lowest BCUT2D eigenvalue weighted by Crippen LogP contribution is -2.32. The number of rotatable bonds is 4. The molecule has 0 fully saturated rings. The molecule has 1 aromatic heterocycles. The van der Waals surface area contributed by atoms with Crippen LogP contribution in [0.3, 0.4) is 0 Å². The third-order valence-electron chi connectivity index (χ3n) is 5.00. The molecule has 0 spiro atoms. The second-order valence-corrected chi connectivity index (χ2v) is 7.74. The van der Waals surface area contributed by atoms with E-state index in [2.05, 4.69) is 20.6 Å². The summed E-state index contributed by atoms with van der Waals surface area (Å²) in [7, 11) is 0. The van der Waals surface area contributed by atoms with E-state index in [0.717, 1.165) is 0 Å². The van der Waals surface area contributed by atoms with Crippen molar-refractivity contribution in [2.24, 2.45) is 4.99 Å². The normalized spacial score (nSPS) is 14.2. The number of nitrogens with two attached hydrogens (primary N) is 2. The van der Waals surface area contributed by atoms with Crippen molar-refractivity contribution in [2.45, 2.75) is 12.6 Å². The first-order valence-electron chi connectivity index (χ1n) is 9.58. The molecule has 11 heteroatoms. The van der Waals surface area contributed by atoms with Crippen molar-refractivity contribution >= 4 is 46.5 Å². The molecule has 9 nitrogen and oxygen atoms in total. The van der Waals surface area contributed by atoms with Crippen molar-refractivity contribution in [3.8, 4) is 18.0 Å². The number of aromatic nitrogens is 1. The summed E-state index contributed by atoms with van der Waals surface area (Å²) in [6, 6.07) is 13.6. The summed E-state index contributed by atoms with van der Waals surface area (Å²) in [5.74, 6) is 0.887. The van der Waals surface area contributed by atoms with E-state index in [1.807, 2.05) is 18.3 Å². The van der Waals surface area contributed by atoms with Crippen LogP contribution in [0.25, 0.3) is 0 Å². The number of benzene rings is 2. The number of para-hydroxylation sites is 1. The Bertz CT molecular complexity index is 1340. The van der Waals surface area contributed by atoms with Gasteiger partial charge in [0.15, 0.2) is 6.19 Å². The second kappa shape index (κ2) is 9.13. The standard InChI is InChI=1S/C22H16Cl2N8O/c23-14-5-3-6-15(24)13(14)9-33-16-7-2-1-4-11(16)19-17-18(27)12(8-25)20(28)31-21(17)32-22(30-19)29-10-26/h1-7,19H,9H2,(H6,27,28,29,30,31,32). The first kappa shape index (κ1) is 22.0. The van der Waals surface area contributed by atoms with Crippen LogP contribution in [-0.4, -0.2) is 10.9 Å². The quantitative estimate of drug-likeness (QED) is 0.324. The highest BCUT2D eigenvalue weighted by Gasteiger charge is 2.31. The Morgan fingerprint density at radius 3 is 2.52 bits per heavy atom. The minimum atomic E-state index is -0.741. The van der Waals surface area contributed by atoms with Gasteiger partial charge in [-0.05, 0) is 18.2 Å². The van der Waals surface area contributed by atoms with Gasteiger partial charge in [-0.25, -0.2) is 9.98 Å². The molecule has 164 valence electrons. The molecule has 2 heterocycles. The molecule has 1 aliphatic rings. The fourth-order valence-electron chi connectivity index (χ4n) is 3.46. The highest BCUT2D eigenvalue weighted by Crippen LogP contribution is 2.43. The first-order valence-corrected chi connectivity index (χ1v) is 10.3. The molecule has 0 radical (unpaired) electrons. The summed E-state index contributed by atoms with van der Waals surface area (Å²) in [5.41, 5.74) is 14.1. The lowest BCUT2D eigenvalue weighted by Gasteiger charge is -2.27. The monoisotopic (exact) mass is 478 g/mol. The number of nitriles is 2. The van der Waals surface area contributed by atoms with Crippen LogP contribution < -0.4 is 26.8 Å². The Morgan fingerprint density at radius 2 is 1.82 bits per heavy atom. The van der Waals surface area contributed by atoms with Gasteiger partial charge in [0.1, 0.15) is 41.7 Å². The molecule has 0 saturated heterocycles. The van der Waals surface area contributed by atoms with Crippen LogP contribution in [0.5, 0.6) is 5.75 Å². The molecular weight excluding hydrogens is 463 g/mol. The van der Waals surface area contributed by atoms with Crippen LogP contribution in [0.1, 0.15) is 28.3 Å². The van der Waals surface area contributed by atoms with Gasteiger partial charge in [-0.15, -0.1) is 0 Å². The summed E-state index contributed by atoms with van der Waals surface area (Å²) < 4.78 is 6.07. The van der Waals surface area contributed by atoms with Gasteiger partial charge in [-0.1, -0.05) is 47.5 Å².